The van der Waals surface area contributed by atoms with E-state index in [1.807, 2.05) is 60.7 Å². The van der Waals surface area contributed by atoms with Gasteiger partial charge in [-0.2, -0.15) is 0 Å². The van der Waals surface area contributed by atoms with Gasteiger partial charge in [-0.3, -0.25) is 4.90 Å². The topological polar surface area (TPSA) is 43.0 Å². The van der Waals surface area contributed by atoms with Crippen molar-refractivity contribution in [3.05, 3.63) is 87.4 Å². The summed E-state index contributed by atoms with van der Waals surface area (Å²) in [5.74, 6) is 1.83. The third kappa shape index (κ3) is 5.56. The maximum Gasteiger partial charge on any atom is 0.203 e. The van der Waals surface area contributed by atoms with E-state index in [4.69, 9.17) is 37.4 Å². The lowest BCUT2D eigenvalue weighted by Gasteiger charge is -2.36. The van der Waals surface area contributed by atoms with Crippen molar-refractivity contribution in [1.82, 2.24) is 10.2 Å². The maximum absolute atomic E-state index is 6.39. The van der Waals surface area contributed by atoms with E-state index in [-0.39, 0.29) is 6.04 Å². The second kappa shape index (κ2) is 11.1. The van der Waals surface area contributed by atoms with E-state index in [0.717, 1.165) is 42.9 Å². The van der Waals surface area contributed by atoms with Crippen molar-refractivity contribution in [2.75, 3.05) is 40.4 Å². The second-order valence-electron chi connectivity index (χ2n) is 7.89. The summed E-state index contributed by atoms with van der Waals surface area (Å²) in [5, 5.41) is 4.50. The Kier molecular flexibility index (Phi) is 7.99. The number of hydrogen-bond acceptors (Lipinski definition) is 5. The second-order valence-corrected chi connectivity index (χ2v) is 8.71. The molecule has 3 aromatic rings. The van der Waals surface area contributed by atoms with Crippen molar-refractivity contribution in [3.63, 3.8) is 0 Å². The Morgan fingerprint density at radius 1 is 0.848 bits per heavy atom. The molecule has 0 bridgehead atoms. The summed E-state index contributed by atoms with van der Waals surface area (Å²) in [4.78, 5) is 2.43. The molecular formula is C26H28Cl2N2O3. The highest BCUT2D eigenvalue weighted by molar-refractivity contribution is 6.42. The van der Waals surface area contributed by atoms with Crippen LogP contribution >= 0.6 is 23.2 Å². The van der Waals surface area contributed by atoms with Crippen molar-refractivity contribution in [2.45, 2.75) is 12.6 Å². The van der Waals surface area contributed by atoms with E-state index in [9.17, 15) is 0 Å². The summed E-state index contributed by atoms with van der Waals surface area (Å²) < 4.78 is 17.6. The summed E-state index contributed by atoms with van der Waals surface area (Å²) in [6.45, 7) is 4.07. The molecule has 4 rings (SSSR count). The molecule has 1 unspecified atom stereocenters. The Morgan fingerprint density at radius 2 is 1.52 bits per heavy atom. The van der Waals surface area contributed by atoms with Gasteiger partial charge in [0.2, 0.25) is 5.75 Å². The molecule has 0 amide bonds. The van der Waals surface area contributed by atoms with E-state index in [1.54, 1.807) is 14.2 Å². The Balaban J connectivity index is 1.73. The fourth-order valence-electron chi connectivity index (χ4n) is 4.17. The molecule has 1 N–H and O–H groups in total. The van der Waals surface area contributed by atoms with Gasteiger partial charge in [-0.05, 0) is 41.0 Å². The first-order valence-electron chi connectivity index (χ1n) is 10.9. The summed E-state index contributed by atoms with van der Waals surface area (Å²) in [5.41, 5.74) is 3.17. The number of piperazine rings is 1. The monoisotopic (exact) mass is 486 g/mol. The van der Waals surface area contributed by atoms with Gasteiger partial charge in [0.25, 0.3) is 0 Å². The number of ether oxygens (including phenoxy) is 3. The van der Waals surface area contributed by atoms with E-state index in [2.05, 4.69) is 10.2 Å². The molecule has 1 saturated heterocycles. The molecule has 1 aliphatic heterocycles. The lowest BCUT2D eigenvalue weighted by Crippen LogP contribution is -2.45. The summed E-state index contributed by atoms with van der Waals surface area (Å²) in [6, 6.07) is 19.9. The Labute approximate surface area is 205 Å². The van der Waals surface area contributed by atoms with Gasteiger partial charge in [-0.15, -0.1) is 0 Å². The highest BCUT2D eigenvalue weighted by Gasteiger charge is 2.27. The molecule has 0 spiro atoms. The van der Waals surface area contributed by atoms with Crippen LogP contribution in [0, 0.1) is 0 Å². The van der Waals surface area contributed by atoms with Crippen LogP contribution in [0.5, 0.6) is 17.2 Å². The number of halogens is 2. The highest BCUT2D eigenvalue weighted by Crippen LogP contribution is 2.43. The van der Waals surface area contributed by atoms with Gasteiger partial charge >= 0.3 is 0 Å². The van der Waals surface area contributed by atoms with Crippen LogP contribution in [0.25, 0.3) is 0 Å². The lowest BCUT2D eigenvalue weighted by atomic mass is 9.95. The van der Waals surface area contributed by atoms with Crippen LogP contribution in [0.3, 0.4) is 0 Å². The Morgan fingerprint density at radius 3 is 2.12 bits per heavy atom. The number of benzene rings is 3. The number of rotatable bonds is 8. The van der Waals surface area contributed by atoms with Gasteiger partial charge in [0, 0.05) is 26.2 Å². The lowest BCUT2D eigenvalue weighted by molar-refractivity contribution is 0.197. The average Bonchev–Trinajstić information content (AvgIpc) is 2.86. The maximum atomic E-state index is 6.39. The highest BCUT2D eigenvalue weighted by atomic mass is 35.5. The van der Waals surface area contributed by atoms with Crippen LogP contribution in [0.2, 0.25) is 10.0 Å². The van der Waals surface area contributed by atoms with Crippen LogP contribution < -0.4 is 19.5 Å². The predicted molar refractivity (Wildman–Crippen MR) is 133 cm³/mol. The minimum atomic E-state index is -0.0344. The van der Waals surface area contributed by atoms with Crippen molar-refractivity contribution in [2.24, 2.45) is 0 Å². The first-order chi connectivity index (χ1) is 16.1. The van der Waals surface area contributed by atoms with Crippen LogP contribution in [0.1, 0.15) is 22.7 Å². The molecular weight excluding hydrogens is 459 g/mol. The molecule has 33 heavy (non-hydrogen) atoms. The first kappa shape index (κ1) is 23.7. The predicted octanol–water partition coefficient (Wildman–Crippen LogP) is 5.58. The van der Waals surface area contributed by atoms with Crippen molar-refractivity contribution in [3.8, 4) is 17.2 Å². The summed E-state index contributed by atoms with van der Waals surface area (Å²) in [7, 11) is 3.29. The van der Waals surface area contributed by atoms with Crippen LogP contribution in [-0.4, -0.2) is 45.3 Å². The molecule has 174 valence electrons. The van der Waals surface area contributed by atoms with E-state index in [0.29, 0.717) is 33.9 Å². The van der Waals surface area contributed by atoms with Crippen molar-refractivity contribution >= 4 is 23.2 Å². The molecule has 0 radical (unpaired) electrons. The van der Waals surface area contributed by atoms with Gasteiger partial charge in [0.05, 0.1) is 30.3 Å². The Hall–Kier alpha value is -2.44. The molecule has 1 fully saturated rings. The standard InChI is InChI=1S/C26H28Cl2N2O3/c1-31-23-15-20(16-24(32-2)26(23)33-17-18-6-4-3-5-7-18)25(30-12-10-29-11-13-30)19-8-9-21(27)22(28)14-19/h3-9,14-16,25,29H,10-13,17H2,1-2H3. The number of hydrogen-bond donors (Lipinski definition) is 1. The Bertz CT molecular complexity index is 1050. The third-order valence-corrected chi connectivity index (χ3v) is 6.54. The van der Waals surface area contributed by atoms with E-state index >= 15 is 0 Å². The first-order valence-corrected chi connectivity index (χ1v) is 11.7. The molecule has 0 aliphatic carbocycles. The minimum absolute atomic E-state index is 0.0344. The molecule has 1 atom stereocenters. The normalized spacial score (nSPS) is 15.2. The molecule has 1 heterocycles. The van der Waals surface area contributed by atoms with Crippen LogP contribution in [0.15, 0.2) is 60.7 Å². The zero-order chi connectivity index (χ0) is 23.2. The molecule has 0 aromatic heterocycles. The molecule has 5 nitrogen and oxygen atoms in total. The largest absolute Gasteiger partial charge is 0.493 e. The van der Waals surface area contributed by atoms with Gasteiger partial charge in [-0.25, -0.2) is 0 Å². The van der Waals surface area contributed by atoms with Crippen LogP contribution in [0.4, 0.5) is 0 Å². The number of nitrogens with one attached hydrogen (secondary N) is 1. The van der Waals surface area contributed by atoms with Crippen molar-refractivity contribution < 1.29 is 14.2 Å². The third-order valence-electron chi connectivity index (χ3n) is 5.80. The fraction of sp³-hybridized carbons (Fsp3) is 0.308. The zero-order valence-electron chi connectivity index (χ0n) is 18.8. The van der Waals surface area contributed by atoms with Gasteiger partial charge < -0.3 is 19.5 Å². The van der Waals surface area contributed by atoms with E-state index in [1.165, 1.54) is 0 Å². The molecule has 0 saturated carbocycles. The van der Waals surface area contributed by atoms with E-state index < -0.39 is 0 Å². The zero-order valence-corrected chi connectivity index (χ0v) is 20.3. The van der Waals surface area contributed by atoms with Gasteiger partial charge in [-0.1, -0.05) is 59.6 Å². The number of methoxy groups -OCH3 is 2. The number of nitrogens with zero attached hydrogens (tertiary/aromatic N) is 1. The van der Waals surface area contributed by atoms with Gasteiger partial charge in [0.15, 0.2) is 11.5 Å². The quantitative estimate of drug-likeness (QED) is 0.449. The molecule has 3 aromatic carbocycles. The minimum Gasteiger partial charge on any atom is -0.493 e. The molecule has 7 heteroatoms. The fourth-order valence-corrected chi connectivity index (χ4v) is 4.47. The van der Waals surface area contributed by atoms with Crippen molar-refractivity contribution in [1.29, 1.82) is 0 Å². The average molecular weight is 487 g/mol. The van der Waals surface area contributed by atoms with Gasteiger partial charge in [0.1, 0.15) is 6.61 Å². The summed E-state index contributed by atoms with van der Waals surface area (Å²) >= 11 is 12.6. The van der Waals surface area contributed by atoms with Crippen LogP contribution in [-0.2, 0) is 6.61 Å². The smallest absolute Gasteiger partial charge is 0.203 e. The summed E-state index contributed by atoms with van der Waals surface area (Å²) in [6.07, 6.45) is 0. The molecule has 1 aliphatic rings. The SMILES string of the molecule is COc1cc(C(c2ccc(Cl)c(Cl)c2)N2CCNCC2)cc(OC)c1OCc1ccccc1.